The molecule has 0 atom stereocenters. The second-order valence-corrected chi connectivity index (χ2v) is 5.70. The number of amides is 2. The Kier molecular flexibility index (Phi) is 5.84. The standard InChI is InChI=1S/C16H14BrClN2O/c17-14-5-1-4-13(9-14)11-20-16(21)19-8-7-12-3-2-6-15(18)10-12/h1-10H,11H2,(H2,19,20,21)/b8-7+. The third kappa shape index (κ3) is 5.61. The van der Waals surface area contributed by atoms with Crippen molar-refractivity contribution in [3.8, 4) is 0 Å². The van der Waals surface area contributed by atoms with E-state index >= 15 is 0 Å². The molecule has 0 aliphatic heterocycles. The highest BCUT2D eigenvalue weighted by atomic mass is 79.9. The molecule has 2 aromatic carbocycles. The quantitative estimate of drug-likeness (QED) is 0.818. The highest BCUT2D eigenvalue weighted by Crippen LogP contribution is 2.12. The van der Waals surface area contributed by atoms with Crippen LogP contribution in [0.4, 0.5) is 4.79 Å². The molecule has 0 aromatic heterocycles. The summed E-state index contributed by atoms with van der Waals surface area (Å²) in [5, 5.41) is 6.09. The van der Waals surface area contributed by atoms with Gasteiger partial charge >= 0.3 is 6.03 Å². The lowest BCUT2D eigenvalue weighted by atomic mass is 10.2. The molecule has 0 spiro atoms. The molecule has 0 heterocycles. The molecule has 0 radical (unpaired) electrons. The first-order chi connectivity index (χ1) is 10.1. The summed E-state index contributed by atoms with van der Waals surface area (Å²) in [4.78, 5) is 11.6. The molecule has 3 nitrogen and oxygen atoms in total. The van der Waals surface area contributed by atoms with Gasteiger partial charge in [0.15, 0.2) is 0 Å². The molecular weight excluding hydrogens is 352 g/mol. The van der Waals surface area contributed by atoms with Crippen molar-refractivity contribution in [3.05, 3.63) is 75.4 Å². The number of hydrogen-bond acceptors (Lipinski definition) is 1. The summed E-state index contributed by atoms with van der Waals surface area (Å²) in [5.41, 5.74) is 1.95. The van der Waals surface area contributed by atoms with Crippen molar-refractivity contribution in [3.63, 3.8) is 0 Å². The Hall–Kier alpha value is -1.78. The summed E-state index contributed by atoms with van der Waals surface area (Å²) in [6, 6.07) is 14.9. The highest BCUT2D eigenvalue weighted by molar-refractivity contribution is 9.10. The molecule has 0 bridgehead atoms. The van der Waals surface area contributed by atoms with Crippen LogP contribution in [0.15, 0.2) is 59.2 Å². The maximum atomic E-state index is 11.6. The average Bonchev–Trinajstić information content (AvgIpc) is 2.45. The first-order valence-electron chi connectivity index (χ1n) is 6.34. The van der Waals surface area contributed by atoms with Crippen molar-refractivity contribution in [2.75, 3.05) is 0 Å². The molecule has 0 aliphatic carbocycles. The number of hydrogen-bond donors (Lipinski definition) is 2. The molecule has 5 heteroatoms. The zero-order chi connectivity index (χ0) is 15.1. The lowest BCUT2D eigenvalue weighted by molar-refractivity contribution is 0.244. The van der Waals surface area contributed by atoms with E-state index in [0.717, 1.165) is 15.6 Å². The predicted octanol–water partition coefficient (Wildman–Crippen LogP) is 4.57. The summed E-state index contributed by atoms with van der Waals surface area (Å²) >= 11 is 9.27. The van der Waals surface area contributed by atoms with Crippen LogP contribution in [0.5, 0.6) is 0 Å². The molecule has 2 rings (SSSR count). The predicted molar refractivity (Wildman–Crippen MR) is 90.0 cm³/mol. The van der Waals surface area contributed by atoms with Crippen molar-refractivity contribution in [1.82, 2.24) is 10.6 Å². The van der Waals surface area contributed by atoms with Crippen molar-refractivity contribution >= 4 is 39.6 Å². The van der Waals surface area contributed by atoms with Gasteiger partial charge in [0, 0.05) is 22.2 Å². The number of carbonyl (C=O) groups is 1. The number of benzene rings is 2. The lowest BCUT2D eigenvalue weighted by Crippen LogP contribution is -2.31. The normalized spacial score (nSPS) is 10.6. The number of nitrogens with one attached hydrogen (secondary N) is 2. The maximum Gasteiger partial charge on any atom is 0.319 e. The van der Waals surface area contributed by atoms with Gasteiger partial charge in [-0.25, -0.2) is 4.79 Å². The Morgan fingerprint density at radius 3 is 2.76 bits per heavy atom. The van der Waals surface area contributed by atoms with E-state index in [1.165, 1.54) is 0 Å². The van der Waals surface area contributed by atoms with Crippen LogP contribution in [-0.4, -0.2) is 6.03 Å². The molecule has 2 aromatic rings. The molecule has 0 saturated heterocycles. The molecule has 21 heavy (non-hydrogen) atoms. The van der Waals surface area contributed by atoms with Crippen molar-refractivity contribution < 1.29 is 4.79 Å². The van der Waals surface area contributed by atoms with Crippen LogP contribution in [-0.2, 0) is 6.54 Å². The molecule has 0 unspecified atom stereocenters. The number of halogens is 2. The van der Waals surface area contributed by atoms with Crippen molar-refractivity contribution in [2.45, 2.75) is 6.54 Å². The summed E-state index contributed by atoms with van der Waals surface area (Å²) in [5.74, 6) is 0. The van der Waals surface area contributed by atoms with Gasteiger partial charge in [-0.15, -0.1) is 0 Å². The molecule has 108 valence electrons. The first-order valence-corrected chi connectivity index (χ1v) is 7.51. The van der Waals surface area contributed by atoms with Crippen LogP contribution < -0.4 is 10.6 Å². The van der Waals surface area contributed by atoms with E-state index in [9.17, 15) is 4.79 Å². The van der Waals surface area contributed by atoms with Crippen LogP contribution in [0.1, 0.15) is 11.1 Å². The van der Waals surface area contributed by atoms with Crippen LogP contribution >= 0.6 is 27.5 Å². The fourth-order valence-corrected chi connectivity index (χ4v) is 2.35. The molecule has 0 aliphatic rings. The van der Waals surface area contributed by atoms with Gasteiger partial charge < -0.3 is 10.6 Å². The van der Waals surface area contributed by atoms with Crippen LogP contribution in [0.3, 0.4) is 0 Å². The topological polar surface area (TPSA) is 41.1 Å². The SMILES string of the molecule is O=C(N/C=C/c1cccc(Cl)c1)NCc1cccc(Br)c1. The van der Waals surface area contributed by atoms with E-state index in [-0.39, 0.29) is 6.03 Å². The van der Waals surface area contributed by atoms with Gasteiger partial charge in [-0.2, -0.15) is 0 Å². The monoisotopic (exact) mass is 364 g/mol. The summed E-state index contributed by atoms with van der Waals surface area (Å²) < 4.78 is 0.989. The molecule has 2 amide bonds. The van der Waals surface area contributed by atoms with E-state index in [4.69, 9.17) is 11.6 Å². The average molecular weight is 366 g/mol. The molecule has 0 fully saturated rings. The van der Waals surface area contributed by atoms with Gasteiger partial charge in [-0.1, -0.05) is 51.8 Å². The third-order valence-corrected chi connectivity index (χ3v) is 3.41. The zero-order valence-corrected chi connectivity index (χ0v) is 13.5. The van der Waals surface area contributed by atoms with Gasteiger partial charge in [0.25, 0.3) is 0 Å². The minimum absolute atomic E-state index is 0.256. The van der Waals surface area contributed by atoms with Crippen molar-refractivity contribution in [2.24, 2.45) is 0 Å². The Labute approximate surface area is 137 Å². The minimum atomic E-state index is -0.256. The number of carbonyl (C=O) groups excluding carboxylic acids is 1. The Balaban J connectivity index is 1.80. The summed E-state index contributed by atoms with van der Waals surface area (Å²) in [7, 11) is 0. The van der Waals surface area contributed by atoms with Crippen molar-refractivity contribution in [1.29, 1.82) is 0 Å². The second kappa shape index (κ2) is 7.86. The number of urea groups is 1. The summed E-state index contributed by atoms with van der Waals surface area (Å²) in [6.45, 7) is 0.469. The smallest absolute Gasteiger partial charge is 0.319 e. The summed E-state index contributed by atoms with van der Waals surface area (Å²) in [6.07, 6.45) is 3.37. The molecular formula is C16H14BrClN2O. The fraction of sp³-hybridized carbons (Fsp3) is 0.0625. The fourth-order valence-electron chi connectivity index (χ4n) is 1.70. The van der Waals surface area contributed by atoms with Crippen LogP contribution in [0.25, 0.3) is 6.08 Å². The van der Waals surface area contributed by atoms with Crippen LogP contribution in [0.2, 0.25) is 5.02 Å². The lowest BCUT2D eigenvalue weighted by Gasteiger charge is -2.05. The van der Waals surface area contributed by atoms with Gasteiger partial charge in [0.1, 0.15) is 0 Å². The maximum absolute atomic E-state index is 11.6. The second-order valence-electron chi connectivity index (χ2n) is 4.35. The zero-order valence-electron chi connectivity index (χ0n) is 11.1. The van der Waals surface area contributed by atoms with Gasteiger partial charge in [-0.3, -0.25) is 0 Å². The Bertz CT molecular complexity index is 658. The van der Waals surface area contributed by atoms with E-state index in [1.54, 1.807) is 18.3 Å². The van der Waals surface area contributed by atoms with Gasteiger partial charge in [0.2, 0.25) is 0 Å². The van der Waals surface area contributed by atoms with E-state index in [2.05, 4.69) is 26.6 Å². The minimum Gasteiger partial charge on any atom is -0.334 e. The largest absolute Gasteiger partial charge is 0.334 e. The van der Waals surface area contributed by atoms with Gasteiger partial charge in [0.05, 0.1) is 0 Å². The Morgan fingerprint density at radius 2 is 2.00 bits per heavy atom. The number of rotatable bonds is 4. The third-order valence-electron chi connectivity index (χ3n) is 2.68. The van der Waals surface area contributed by atoms with E-state index in [0.29, 0.717) is 11.6 Å². The van der Waals surface area contributed by atoms with Crippen LogP contribution in [0, 0.1) is 0 Å². The molecule has 0 saturated carbocycles. The van der Waals surface area contributed by atoms with Gasteiger partial charge in [-0.05, 0) is 41.5 Å². The first kappa shape index (κ1) is 15.6. The molecule has 2 N–H and O–H groups in total. The Morgan fingerprint density at radius 1 is 1.19 bits per heavy atom. The van der Waals surface area contributed by atoms with E-state index < -0.39 is 0 Å². The highest BCUT2D eigenvalue weighted by Gasteiger charge is 1.98. The van der Waals surface area contributed by atoms with E-state index in [1.807, 2.05) is 42.5 Å².